The summed E-state index contributed by atoms with van der Waals surface area (Å²) in [5, 5.41) is 5.47. The molecule has 3 rings (SSSR count). The van der Waals surface area contributed by atoms with Gasteiger partial charge in [0.25, 0.3) is 0 Å². The Bertz CT molecular complexity index is 867. The summed E-state index contributed by atoms with van der Waals surface area (Å²) in [6, 6.07) is 15.6. The van der Waals surface area contributed by atoms with E-state index >= 15 is 0 Å². The van der Waals surface area contributed by atoms with Crippen molar-refractivity contribution in [3.05, 3.63) is 75.9 Å². The first-order chi connectivity index (χ1) is 13.1. The fraction of sp³-hybridized carbons (Fsp3) is 0.200. The quantitative estimate of drug-likeness (QED) is 0.684. The number of ether oxygens (including phenoxy) is 2. The first kappa shape index (κ1) is 19.0. The molecular formula is C20H19BrN2O4. The molecule has 1 aliphatic rings. The van der Waals surface area contributed by atoms with E-state index in [9.17, 15) is 9.59 Å². The maximum atomic E-state index is 12.6. The standard InChI is InChI=1S/C20H19BrN2O4/c1-2-26-19(24)17-15(12-27-16-11-7-6-10-14(16)21)22-20(25)23-18(17)13-8-4-3-5-9-13/h3-11,18H,2,12H2,1H3,(H2,22,23,25). The highest BCUT2D eigenvalue weighted by molar-refractivity contribution is 9.10. The summed E-state index contributed by atoms with van der Waals surface area (Å²) < 4.78 is 11.8. The van der Waals surface area contributed by atoms with Gasteiger partial charge in [-0.2, -0.15) is 0 Å². The minimum atomic E-state index is -0.614. The molecule has 2 amide bonds. The van der Waals surface area contributed by atoms with E-state index in [2.05, 4.69) is 26.6 Å². The molecule has 0 fully saturated rings. The molecule has 7 heteroatoms. The lowest BCUT2D eigenvalue weighted by molar-refractivity contribution is -0.139. The van der Waals surface area contributed by atoms with Gasteiger partial charge in [0.1, 0.15) is 12.4 Å². The smallest absolute Gasteiger partial charge is 0.338 e. The van der Waals surface area contributed by atoms with Gasteiger partial charge in [0, 0.05) is 0 Å². The van der Waals surface area contributed by atoms with Gasteiger partial charge < -0.3 is 20.1 Å². The minimum absolute atomic E-state index is 0.0213. The van der Waals surface area contributed by atoms with Crippen LogP contribution in [0.2, 0.25) is 0 Å². The Morgan fingerprint density at radius 1 is 1.11 bits per heavy atom. The number of hydrogen-bond donors (Lipinski definition) is 2. The third-order valence-corrected chi connectivity index (χ3v) is 4.65. The number of amides is 2. The molecule has 2 aromatic carbocycles. The topological polar surface area (TPSA) is 76.7 Å². The summed E-state index contributed by atoms with van der Waals surface area (Å²) >= 11 is 3.42. The Kier molecular flexibility index (Phi) is 6.13. The molecule has 0 spiro atoms. The second-order valence-electron chi connectivity index (χ2n) is 5.77. The lowest BCUT2D eigenvalue weighted by Crippen LogP contribution is -2.47. The summed E-state index contributed by atoms with van der Waals surface area (Å²) in [5.74, 6) is 0.113. The van der Waals surface area contributed by atoms with Crippen LogP contribution in [0.5, 0.6) is 5.75 Å². The lowest BCUT2D eigenvalue weighted by atomic mass is 9.95. The Balaban J connectivity index is 1.96. The van der Waals surface area contributed by atoms with Gasteiger partial charge in [-0.15, -0.1) is 0 Å². The minimum Gasteiger partial charge on any atom is -0.486 e. The number of nitrogens with one attached hydrogen (secondary N) is 2. The third kappa shape index (κ3) is 4.49. The number of para-hydroxylation sites is 1. The van der Waals surface area contributed by atoms with Gasteiger partial charge >= 0.3 is 12.0 Å². The van der Waals surface area contributed by atoms with Crippen molar-refractivity contribution in [3.8, 4) is 5.75 Å². The molecule has 140 valence electrons. The molecule has 0 saturated heterocycles. The average Bonchev–Trinajstić information content (AvgIpc) is 2.67. The van der Waals surface area contributed by atoms with Crippen molar-refractivity contribution in [1.82, 2.24) is 10.6 Å². The number of urea groups is 1. The van der Waals surface area contributed by atoms with Crippen molar-refractivity contribution >= 4 is 27.9 Å². The van der Waals surface area contributed by atoms with E-state index in [-0.39, 0.29) is 13.2 Å². The van der Waals surface area contributed by atoms with Crippen molar-refractivity contribution in [2.24, 2.45) is 0 Å². The summed E-state index contributed by atoms with van der Waals surface area (Å²) in [7, 11) is 0. The Labute approximate surface area is 165 Å². The summed E-state index contributed by atoms with van der Waals surface area (Å²) in [5.41, 5.74) is 1.49. The van der Waals surface area contributed by atoms with E-state index in [0.717, 1.165) is 10.0 Å². The number of rotatable bonds is 6. The number of esters is 1. The molecule has 0 radical (unpaired) electrons. The van der Waals surface area contributed by atoms with E-state index in [1.54, 1.807) is 13.0 Å². The zero-order chi connectivity index (χ0) is 19.2. The molecule has 0 aromatic heterocycles. The van der Waals surface area contributed by atoms with Crippen LogP contribution < -0.4 is 15.4 Å². The zero-order valence-electron chi connectivity index (χ0n) is 14.7. The monoisotopic (exact) mass is 430 g/mol. The van der Waals surface area contributed by atoms with Gasteiger partial charge in [-0.05, 0) is 40.5 Å². The van der Waals surface area contributed by atoms with Gasteiger partial charge in [0.15, 0.2) is 0 Å². The van der Waals surface area contributed by atoms with Gasteiger partial charge in [-0.3, -0.25) is 0 Å². The van der Waals surface area contributed by atoms with Crippen LogP contribution >= 0.6 is 15.9 Å². The third-order valence-electron chi connectivity index (χ3n) is 3.99. The van der Waals surface area contributed by atoms with Crippen LogP contribution in [0.15, 0.2) is 70.3 Å². The number of carbonyl (C=O) groups excluding carboxylic acids is 2. The number of hydrogen-bond acceptors (Lipinski definition) is 4. The second kappa shape index (κ2) is 8.73. The summed E-state index contributed by atoms with van der Waals surface area (Å²) in [4.78, 5) is 24.8. The van der Waals surface area contributed by atoms with Gasteiger partial charge in [-0.25, -0.2) is 9.59 Å². The first-order valence-corrected chi connectivity index (χ1v) is 9.29. The lowest BCUT2D eigenvalue weighted by Gasteiger charge is -2.29. The SMILES string of the molecule is CCOC(=O)C1=C(COc2ccccc2Br)NC(=O)NC1c1ccccc1. The van der Waals surface area contributed by atoms with Crippen molar-refractivity contribution in [3.63, 3.8) is 0 Å². The van der Waals surface area contributed by atoms with E-state index in [4.69, 9.17) is 9.47 Å². The summed E-state index contributed by atoms with van der Waals surface area (Å²) in [6.45, 7) is 1.99. The van der Waals surface area contributed by atoms with E-state index in [0.29, 0.717) is 17.0 Å². The van der Waals surface area contributed by atoms with Gasteiger partial charge in [0.05, 0.1) is 28.4 Å². The summed E-state index contributed by atoms with van der Waals surface area (Å²) in [6.07, 6.45) is 0. The van der Waals surface area contributed by atoms with Crippen LogP contribution in [0.4, 0.5) is 4.79 Å². The number of halogens is 1. The first-order valence-electron chi connectivity index (χ1n) is 8.50. The predicted molar refractivity (Wildman–Crippen MR) is 104 cm³/mol. The van der Waals surface area contributed by atoms with Gasteiger partial charge in [0.2, 0.25) is 0 Å². The van der Waals surface area contributed by atoms with Crippen LogP contribution in [-0.4, -0.2) is 25.2 Å². The zero-order valence-corrected chi connectivity index (χ0v) is 16.3. The predicted octanol–water partition coefficient (Wildman–Crippen LogP) is 3.70. The largest absolute Gasteiger partial charge is 0.486 e. The molecule has 0 bridgehead atoms. The maximum absolute atomic E-state index is 12.6. The molecule has 1 heterocycles. The normalized spacial score (nSPS) is 16.4. The van der Waals surface area contributed by atoms with Crippen molar-refractivity contribution in [2.45, 2.75) is 13.0 Å². The van der Waals surface area contributed by atoms with Crippen molar-refractivity contribution in [1.29, 1.82) is 0 Å². The molecular weight excluding hydrogens is 412 g/mol. The van der Waals surface area contributed by atoms with E-state index < -0.39 is 18.0 Å². The molecule has 0 saturated carbocycles. The fourth-order valence-corrected chi connectivity index (χ4v) is 3.19. The van der Waals surface area contributed by atoms with Gasteiger partial charge in [-0.1, -0.05) is 42.5 Å². The molecule has 2 N–H and O–H groups in total. The van der Waals surface area contributed by atoms with E-state index in [1.807, 2.05) is 48.5 Å². The van der Waals surface area contributed by atoms with E-state index in [1.165, 1.54) is 0 Å². The van der Waals surface area contributed by atoms with Crippen LogP contribution in [0, 0.1) is 0 Å². The van der Waals surface area contributed by atoms with Crippen LogP contribution in [0.3, 0.4) is 0 Å². The molecule has 1 atom stereocenters. The van der Waals surface area contributed by atoms with Crippen molar-refractivity contribution < 1.29 is 19.1 Å². The Morgan fingerprint density at radius 3 is 2.52 bits per heavy atom. The molecule has 2 aromatic rings. The highest BCUT2D eigenvalue weighted by Gasteiger charge is 2.33. The fourth-order valence-electron chi connectivity index (χ4n) is 2.79. The number of benzene rings is 2. The average molecular weight is 431 g/mol. The molecule has 1 unspecified atom stereocenters. The van der Waals surface area contributed by atoms with Crippen LogP contribution in [-0.2, 0) is 9.53 Å². The Hall–Kier alpha value is -2.80. The number of carbonyl (C=O) groups is 2. The van der Waals surface area contributed by atoms with Crippen molar-refractivity contribution in [2.75, 3.05) is 13.2 Å². The van der Waals surface area contributed by atoms with Crippen LogP contribution in [0.25, 0.3) is 0 Å². The molecule has 0 aliphatic carbocycles. The molecule has 1 aliphatic heterocycles. The molecule has 27 heavy (non-hydrogen) atoms. The highest BCUT2D eigenvalue weighted by atomic mass is 79.9. The molecule has 6 nitrogen and oxygen atoms in total. The second-order valence-corrected chi connectivity index (χ2v) is 6.63. The Morgan fingerprint density at radius 2 is 1.81 bits per heavy atom. The van der Waals surface area contributed by atoms with Crippen LogP contribution in [0.1, 0.15) is 18.5 Å². The highest BCUT2D eigenvalue weighted by Crippen LogP contribution is 2.29. The maximum Gasteiger partial charge on any atom is 0.338 e.